The Labute approximate surface area is 73.2 Å². The van der Waals surface area contributed by atoms with Crippen LogP contribution in [-0.2, 0) is 0 Å². The van der Waals surface area contributed by atoms with Crippen molar-refractivity contribution in [1.29, 1.82) is 0 Å². The second-order valence-electron chi connectivity index (χ2n) is 5.62. The zero-order chi connectivity index (χ0) is 7.92. The van der Waals surface area contributed by atoms with Crippen molar-refractivity contribution in [2.75, 3.05) is 0 Å². The smallest absolute Gasteiger partial charge is 0.0683 e. The first kappa shape index (κ1) is 6.42. The van der Waals surface area contributed by atoms with Crippen LogP contribution in [0.3, 0.4) is 0 Å². The Morgan fingerprint density at radius 3 is 2.08 bits per heavy atom. The van der Waals surface area contributed by atoms with Crippen LogP contribution in [0, 0.1) is 29.6 Å². The minimum absolute atomic E-state index is 0.142. The normalized spacial score (nSPS) is 63.2. The fourth-order valence-electron chi connectivity index (χ4n) is 4.50. The van der Waals surface area contributed by atoms with Crippen molar-refractivity contribution in [3.63, 3.8) is 0 Å². The molecule has 0 aromatic carbocycles. The second-order valence-corrected chi connectivity index (χ2v) is 5.62. The van der Waals surface area contributed by atoms with E-state index in [0.717, 1.165) is 42.4 Å². The van der Waals surface area contributed by atoms with Gasteiger partial charge in [0.15, 0.2) is 0 Å². The first-order chi connectivity index (χ1) is 5.80. The predicted octanol–water partition coefficient (Wildman–Crippen LogP) is 1.80. The summed E-state index contributed by atoms with van der Waals surface area (Å²) in [4.78, 5) is 0. The highest BCUT2D eigenvalue weighted by atomic mass is 16.3. The van der Waals surface area contributed by atoms with Crippen molar-refractivity contribution in [2.45, 2.75) is 37.7 Å². The molecule has 0 spiro atoms. The lowest BCUT2D eigenvalue weighted by molar-refractivity contribution is 0.104. The van der Waals surface area contributed by atoms with Crippen LogP contribution in [0.2, 0.25) is 0 Å². The average Bonchev–Trinajstić information content (AvgIpc) is 2.91. The standard InChI is InChI=1S/C11H16O/c12-11(3-4-11)10-8-6-1-2-7(5-6)9(8)10/h6-10,12H,1-5H2. The zero-order valence-corrected chi connectivity index (χ0v) is 7.37. The molecule has 0 saturated heterocycles. The van der Waals surface area contributed by atoms with Gasteiger partial charge in [0.1, 0.15) is 0 Å². The molecule has 0 heterocycles. The van der Waals surface area contributed by atoms with E-state index < -0.39 is 0 Å². The topological polar surface area (TPSA) is 20.2 Å². The van der Waals surface area contributed by atoms with E-state index in [4.69, 9.17) is 0 Å². The summed E-state index contributed by atoms with van der Waals surface area (Å²) >= 11 is 0. The molecule has 0 amide bonds. The van der Waals surface area contributed by atoms with E-state index in [1.54, 1.807) is 0 Å². The number of rotatable bonds is 1. The first-order valence-electron chi connectivity index (χ1n) is 5.52. The van der Waals surface area contributed by atoms with Gasteiger partial charge in [-0.05, 0) is 61.7 Å². The molecule has 4 rings (SSSR count). The van der Waals surface area contributed by atoms with E-state index >= 15 is 0 Å². The first-order valence-corrected chi connectivity index (χ1v) is 5.52. The quantitative estimate of drug-likeness (QED) is 0.626. The average molecular weight is 164 g/mol. The van der Waals surface area contributed by atoms with Gasteiger partial charge in [0, 0.05) is 0 Å². The van der Waals surface area contributed by atoms with Gasteiger partial charge < -0.3 is 5.11 Å². The van der Waals surface area contributed by atoms with Crippen molar-refractivity contribution < 1.29 is 5.11 Å². The van der Waals surface area contributed by atoms with Gasteiger partial charge in [-0.2, -0.15) is 0 Å². The number of hydrogen-bond donors (Lipinski definition) is 1. The molecule has 0 aromatic rings. The number of aliphatic hydroxyl groups is 1. The third kappa shape index (κ3) is 0.555. The molecule has 4 saturated carbocycles. The van der Waals surface area contributed by atoms with E-state index in [1.165, 1.54) is 19.3 Å². The molecule has 4 atom stereocenters. The fraction of sp³-hybridized carbons (Fsp3) is 1.00. The van der Waals surface area contributed by atoms with Crippen molar-refractivity contribution in [3.05, 3.63) is 0 Å². The monoisotopic (exact) mass is 164 g/mol. The fourth-order valence-corrected chi connectivity index (χ4v) is 4.50. The maximum atomic E-state index is 10.0. The van der Waals surface area contributed by atoms with Crippen LogP contribution < -0.4 is 0 Å². The van der Waals surface area contributed by atoms with Crippen LogP contribution in [0.4, 0.5) is 0 Å². The predicted molar refractivity (Wildman–Crippen MR) is 45.5 cm³/mol. The summed E-state index contributed by atoms with van der Waals surface area (Å²) in [5.74, 6) is 4.81. The summed E-state index contributed by atoms with van der Waals surface area (Å²) in [6, 6.07) is 0. The highest BCUT2D eigenvalue weighted by molar-refractivity contribution is 5.21. The van der Waals surface area contributed by atoms with Gasteiger partial charge in [-0.15, -0.1) is 0 Å². The maximum absolute atomic E-state index is 10.0. The molecule has 1 heteroatoms. The number of fused-ring (bicyclic) bond motifs is 5. The molecule has 12 heavy (non-hydrogen) atoms. The van der Waals surface area contributed by atoms with Crippen LogP contribution in [0.1, 0.15) is 32.1 Å². The van der Waals surface area contributed by atoms with Gasteiger partial charge in [0.25, 0.3) is 0 Å². The molecule has 4 fully saturated rings. The van der Waals surface area contributed by atoms with Crippen molar-refractivity contribution in [3.8, 4) is 0 Å². The van der Waals surface area contributed by atoms with Crippen LogP contribution in [0.15, 0.2) is 0 Å². The Bertz CT molecular complexity index is 227. The lowest BCUT2D eigenvalue weighted by Crippen LogP contribution is -2.16. The van der Waals surface area contributed by atoms with Gasteiger partial charge in [-0.3, -0.25) is 0 Å². The molecule has 4 aliphatic carbocycles. The molecular formula is C11H16O. The molecule has 0 aliphatic heterocycles. The summed E-state index contributed by atoms with van der Waals surface area (Å²) in [7, 11) is 0. The molecular weight excluding hydrogens is 148 g/mol. The minimum Gasteiger partial charge on any atom is -0.390 e. The van der Waals surface area contributed by atoms with E-state index in [2.05, 4.69) is 0 Å². The molecule has 0 aromatic heterocycles. The molecule has 66 valence electrons. The van der Waals surface area contributed by atoms with E-state index in [9.17, 15) is 5.11 Å². The Morgan fingerprint density at radius 2 is 1.58 bits per heavy atom. The van der Waals surface area contributed by atoms with Gasteiger partial charge >= 0.3 is 0 Å². The van der Waals surface area contributed by atoms with E-state index in [1.807, 2.05) is 0 Å². The maximum Gasteiger partial charge on any atom is 0.0683 e. The van der Waals surface area contributed by atoms with Crippen LogP contribution >= 0.6 is 0 Å². The molecule has 0 radical (unpaired) electrons. The van der Waals surface area contributed by atoms with Crippen LogP contribution in [0.5, 0.6) is 0 Å². The molecule has 4 unspecified atom stereocenters. The van der Waals surface area contributed by atoms with Gasteiger partial charge in [-0.25, -0.2) is 0 Å². The van der Waals surface area contributed by atoms with Crippen LogP contribution in [0.25, 0.3) is 0 Å². The van der Waals surface area contributed by atoms with Gasteiger partial charge in [0.2, 0.25) is 0 Å². The number of hydrogen-bond acceptors (Lipinski definition) is 1. The van der Waals surface area contributed by atoms with Crippen LogP contribution in [-0.4, -0.2) is 10.7 Å². The summed E-state index contributed by atoms with van der Waals surface area (Å²) in [6.45, 7) is 0. The molecule has 1 N–H and O–H groups in total. The zero-order valence-electron chi connectivity index (χ0n) is 7.37. The summed E-state index contributed by atoms with van der Waals surface area (Å²) in [6.07, 6.45) is 6.72. The molecule has 2 bridgehead atoms. The Morgan fingerprint density at radius 1 is 1.00 bits per heavy atom. The van der Waals surface area contributed by atoms with Crippen molar-refractivity contribution in [1.82, 2.24) is 0 Å². The Kier molecular flexibility index (Phi) is 0.863. The summed E-state index contributed by atoms with van der Waals surface area (Å²) in [5, 5.41) is 10.0. The molecule has 1 nitrogen and oxygen atoms in total. The third-order valence-corrected chi connectivity index (χ3v) is 5.12. The van der Waals surface area contributed by atoms with Crippen molar-refractivity contribution in [2.24, 2.45) is 29.6 Å². The van der Waals surface area contributed by atoms with Gasteiger partial charge in [0.05, 0.1) is 5.60 Å². The Hall–Kier alpha value is -0.0400. The lowest BCUT2D eigenvalue weighted by atomic mass is 9.98. The Balaban J connectivity index is 1.65. The summed E-state index contributed by atoms with van der Waals surface area (Å²) in [5.41, 5.74) is -0.142. The minimum atomic E-state index is -0.142. The largest absolute Gasteiger partial charge is 0.390 e. The summed E-state index contributed by atoms with van der Waals surface area (Å²) < 4.78 is 0. The van der Waals surface area contributed by atoms with Gasteiger partial charge in [-0.1, -0.05) is 0 Å². The third-order valence-electron chi connectivity index (χ3n) is 5.12. The highest BCUT2D eigenvalue weighted by Gasteiger charge is 2.73. The van der Waals surface area contributed by atoms with E-state index in [-0.39, 0.29) is 5.60 Å². The highest BCUT2D eigenvalue weighted by Crippen LogP contribution is 2.75. The SMILES string of the molecule is OC1(C2C3C4CCC(C4)C32)CC1. The van der Waals surface area contributed by atoms with E-state index in [0.29, 0.717) is 0 Å². The van der Waals surface area contributed by atoms with Crippen molar-refractivity contribution >= 4 is 0 Å². The lowest BCUT2D eigenvalue weighted by Gasteiger charge is -2.12. The molecule has 4 aliphatic rings. The second kappa shape index (κ2) is 1.61.